The first-order chi connectivity index (χ1) is 13.9. The van der Waals surface area contributed by atoms with E-state index in [0.29, 0.717) is 17.3 Å². The van der Waals surface area contributed by atoms with Crippen LogP contribution >= 0.6 is 11.8 Å². The zero-order valence-electron chi connectivity index (χ0n) is 16.8. The molecule has 156 valence electrons. The fraction of sp³-hybridized carbons (Fsp3) is 0.421. The number of amides is 1. The molecule has 9 nitrogen and oxygen atoms in total. The summed E-state index contributed by atoms with van der Waals surface area (Å²) in [5, 5.41) is 15.4. The lowest BCUT2D eigenvalue weighted by atomic mass is 10.1. The smallest absolute Gasteiger partial charge is 0.395 e. The monoisotopic (exact) mass is 419 g/mol. The molecule has 0 saturated heterocycles. The van der Waals surface area contributed by atoms with Gasteiger partial charge in [-0.25, -0.2) is 5.43 Å². The second-order valence-corrected chi connectivity index (χ2v) is 7.31. The van der Waals surface area contributed by atoms with Crippen molar-refractivity contribution in [2.75, 3.05) is 12.4 Å². The molecule has 0 aliphatic carbocycles. The Morgan fingerprint density at radius 3 is 2.72 bits per heavy atom. The molecule has 0 atom stereocenters. The lowest BCUT2D eigenvalue weighted by molar-refractivity contribution is -0.392. The maximum absolute atomic E-state index is 12.0. The van der Waals surface area contributed by atoms with Crippen molar-refractivity contribution >= 4 is 29.2 Å². The molecule has 0 bridgehead atoms. The molecule has 0 unspecified atom stereocenters. The Morgan fingerprint density at radius 1 is 1.34 bits per heavy atom. The van der Waals surface area contributed by atoms with Gasteiger partial charge in [-0.15, -0.1) is 0 Å². The highest BCUT2D eigenvalue weighted by Gasteiger charge is 2.21. The number of rotatable bonds is 11. The van der Waals surface area contributed by atoms with Crippen LogP contribution in [-0.4, -0.2) is 38.5 Å². The number of nitro groups is 1. The van der Waals surface area contributed by atoms with E-state index in [9.17, 15) is 14.9 Å². The summed E-state index contributed by atoms with van der Waals surface area (Å²) in [6.45, 7) is 4.64. The van der Waals surface area contributed by atoms with Gasteiger partial charge in [-0.1, -0.05) is 31.5 Å². The Morgan fingerprint density at radius 2 is 2.07 bits per heavy atom. The molecule has 0 saturated carbocycles. The van der Waals surface area contributed by atoms with Crippen LogP contribution in [0.4, 0.5) is 5.82 Å². The Balaban J connectivity index is 1.85. The van der Waals surface area contributed by atoms with Crippen molar-refractivity contribution in [3.63, 3.8) is 0 Å². The first-order valence-corrected chi connectivity index (χ1v) is 10.3. The van der Waals surface area contributed by atoms with Crippen LogP contribution in [-0.2, 0) is 11.8 Å². The highest BCUT2D eigenvalue weighted by Crippen LogP contribution is 2.26. The Bertz CT molecular complexity index is 864. The van der Waals surface area contributed by atoms with Gasteiger partial charge in [0.25, 0.3) is 0 Å². The molecule has 10 heteroatoms. The van der Waals surface area contributed by atoms with E-state index in [0.717, 1.165) is 42.3 Å². The van der Waals surface area contributed by atoms with E-state index in [1.54, 1.807) is 14.0 Å². The fourth-order valence-electron chi connectivity index (χ4n) is 2.41. The van der Waals surface area contributed by atoms with Gasteiger partial charge in [0.2, 0.25) is 12.2 Å². The van der Waals surface area contributed by atoms with Gasteiger partial charge in [0.05, 0.1) is 18.1 Å². The number of carbonyl (C=O) groups excluding carboxylic acids is 1. The Kier molecular flexibility index (Phi) is 8.66. The molecule has 29 heavy (non-hydrogen) atoms. The van der Waals surface area contributed by atoms with E-state index in [-0.39, 0.29) is 17.5 Å². The molecule has 0 aliphatic rings. The van der Waals surface area contributed by atoms with Crippen molar-refractivity contribution in [2.24, 2.45) is 12.1 Å². The summed E-state index contributed by atoms with van der Waals surface area (Å²) < 4.78 is 7.19. The quantitative estimate of drug-likeness (QED) is 0.196. The number of nitrogens with one attached hydrogen (secondary N) is 1. The van der Waals surface area contributed by atoms with Gasteiger partial charge in [0.1, 0.15) is 5.75 Å². The summed E-state index contributed by atoms with van der Waals surface area (Å²) in [6, 6.07) is 7.51. The molecule has 1 aromatic heterocycles. The van der Waals surface area contributed by atoms with Crippen molar-refractivity contribution in [3.8, 4) is 5.75 Å². The van der Waals surface area contributed by atoms with Gasteiger partial charge < -0.3 is 19.4 Å². The highest BCUT2D eigenvalue weighted by molar-refractivity contribution is 8.00. The summed E-state index contributed by atoms with van der Waals surface area (Å²) in [5.41, 5.74) is 3.98. The number of unbranched alkanes of at least 4 members (excludes halogenated alkanes) is 2. The number of aryl methyl sites for hydroxylation is 1. The van der Waals surface area contributed by atoms with Gasteiger partial charge >= 0.3 is 5.82 Å². The number of benzene rings is 1. The maximum atomic E-state index is 12.0. The number of hydrogen-bond acceptors (Lipinski definition) is 7. The van der Waals surface area contributed by atoms with Gasteiger partial charge in [0.15, 0.2) is 5.03 Å². The van der Waals surface area contributed by atoms with Crippen molar-refractivity contribution in [1.29, 1.82) is 0 Å². The molecule has 0 spiro atoms. The predicted octanol–water partition coefficient (Wildman–Crippen LogP) is 3.53. The van der Waals surface area contributed by atoms with Crippen LogP contribution in [0.3, 0.4) is 0 Å². The van der Waals surface area contributed by atoms with Crippen molar-refractivity contribution in [1.82, 2.24) is 15.0 Å². The summed E-state index contributed by atoms with van der Waals surface area (Å²) in [4.78, 5) is 26.1. The van der Waals surface area contributed by atoms with Gasteiger partial charge in [0, 0.05) is 7.05 Å². The molecular formula is C19H25N5O4S. The summed E-state index contributed by atoms with van der Waals surface area (Å²) in [5.74, 6) is 0.167. The topological polar surface area (TPSA) is 112 Å². The Hall–Kier alpha value is -2.88. The van der Waals surface area contributed by atoms with Crippen molar-refractivity contribution in [3.05, 3.63) is 46.3 Å². The molecule has 1 heterocycles. The number of hydrogen-bond donors (Lipinski definition) is 1. The second kappa shape index (κ2) is 11.2. The van der Waals surface area contributed by atoms with Crippen molar-refractivity contribution in [2.45, 2.75) is 38.1 Å². The molecule has 1 N–H and O–H groups in total. The van der Waals surface area contributed by atoms with E-state index in [4.69, 9.17) is 4.74 Å². The number of hydrazone groups is 1. The van der Waals surface area contributed by atoms with E-state index in [1.807, 2.05) is 24.3 Å². The minimum atomic E-state index is -0.570. The summed E-state index contributed by atoms with van der Waals surface area (Å²) >= 11 is 1.04. The third kappa shape index (κ3) is 6.90. The summed E-state index contributed by atoms with van der Waals surface area (Å²) in [7, 11) is 1.64. The van der Waals surface area contributed by atoms with Crippen LogP contribution in [0.25, 0.3) is 0 Å². The predicted molar refractivity (Wildman–Crippen MR) is 112 cm³/mol. The Labute approximate surface area is 173 Å². The first kappa shape index (κ1) is 22.4. The summed E-state index contributed by atoms with van der Waals surface area (Å²) in [6.07, 6.45) is 4.68. The fourth-order valence-corrected chi connectivity index (χ4v) is 3.25. The van der Waals surface area contributed by atoms with Crippen LogP contribution in [0.2, 0.25) is 0 Å². The van der Waals surface area contributed by atoms with Gasteiger partial charge in [-0.2, -0.15) is 5.10 Å². The molecule has 1 aromatic carbocycles. The van der Waals surface area contributed by atoms with E-state index in [1.165, 1.54) is 10.9 Å². The molecule has 0 radical (unpaired) electrons. The molecular weight excluding hydrogens is 394 g/mol. The molecule has 0 fully saturated rings. The standard InChI is InChI=1S/C19H25N5O4S/c1-4-5-6-11-28-16-9-7-15(8-10-16)14(2)21-22-17(25)12-29-19-18(24(26)27)20-13-23(19)3/h7-10,13H,4-6,11-12H2,1-3H3,(H,22,25). The average molecular weight is 420 g/mol. The molecule has 0 aliphatic heterocycles. The lowest BCUT2D eigenvalue weighted by Crippen LogP contribution is -2.21. The highest BCUT2D eigenvalue weighted by atomic mass is 32.2. The maximum Gasteiger partial charge on any atom is 0.395 e. The van der Waals surface area contributed by atoms with Crippen LogP contribution in [0, 0.1) is 10.1 Å². The van der Waals surface area contributed by atoms with E-state index in [2.05, 4.69) is 22.4 Å². The van der Waals surface area contributed by atoms with Crippen LogP contribution < -0.4 is 10.2 Å². The number of ether oxygens (including phenoxy) is 1. The molecule has 1 amide bonds. The number of thioether (sulfide) groups is 1. The van der Waals surface area contributed by atoms with Crippen LogP contribution in [0.5, 0.6) is 5.75 Å². The van der Waals surface area contributed by atoms with E-state index < -0.39 is 4.92 Å². The van der Waals surface area contributed by atoms with Crippen LogP contribution in [0.1, 0.15) is 38.7 Å². The lowest BCUT2D eigenvalue weighted by Gasteiger charge is -2.07. The minimum Gasteiger partial charge on any atom is -0.494 e. The molecule has 2 aromatic rings. The zero-order chi connectivity index (χ0) is 21.2. The third-order valence-corrected chi connectivity index (χ3v) is 5.17. The SMILES string of the molecule is CCCCCOc1ccc(C(C)=NNC(=O)CSc2c([N+](=O)[O-])ncn2C)cc1. The first-order valence-electron chi connectivity index (χ1n) is 9.27. The third-order valence-electron chi connectivity index (χ3n) is 4.01. The number of nitrogens with zero attached hydrogens (tertiary/aromatic N) is 4. The van der Waals surface area contributed by atoms with Crippen LogP contribution in [0.15, 0.2) is 40.7 Å². The number of aromatic nitrogens is 2. The number of carbonyl (C=O) groups is 1. The van der Waals surface area contributed by atoms with E-state index >= 15 is 0 Å². The minimum absolute atomic E-state index is 0.0122. The number of imidazole rings is 1. The zero-order valence-corrected chi connectivity index (χ0v) is 17.6. The normalized spacial score (nSPS) is 11.3. The largest absolute Gasteiger partial charge is 0.494 e. The van der Waals surface area contributed by atoms with Crippen molar-refractivity contribution < 1.29 is 14.5 Å². The second-order valence-electron chi connectivity index (χ2n) is 6.34. The molecule has 2 rings (SSSR count). The average Bonchev–Trinajstić information content (AvgIpc) is 3.09. The van der Waals surface area contributed by atoms with Gasteiger partial charge in [-0.05, 0) is 53.1 Å². The van der Waals surface area contributed by atoms with Gasteiger partial charge in [-0.3, -0.25) is 4.79 Å².